The highest BCUT2D eigenvalue weighted by atomic mass is 16.5. The van der Waals surface area contributed by atoms with Gasteiger partial charge in [-0.05, 0) is 33.2 Å². The van der Waals surface area contributed by atoms with E-state index in [2.05, 4.69) is 18.0 Å². The van der Waals surface area contributed by atoms with E-state index in [0.717, 1.165) is 26.1 Å². The molecule has 4 nitrogen and oxygen atoms in total. The van der Waals surface area contributed by atoms with Gasteiger partial charge in [0.15, 0.2) is 0 Å². The minimum Gasteiger partial charge on any atom is -0.377 e. The van der Waals surface area contributed by atoms with Crippen molar-refractivity contribution in [1.29, 1.82) is 5.26 Å². The standard InChI is InChI=1S/C11H21N3O/c1-11(13,9-12)5-6-14(2)8-10-4-3-7-15-10/h10H,3-8,13H2,1-2H3. The van der Waals surface area contributed by atoms with Gasteiger partial charge in [-0.15, -0.1) is 0 Å². The SMILES string of the molecule is CN(CCC(C)(N)C#N)CC1CCCO1. The molecule has 1 saturated heterocycles. The van der Waals surface area contributed by atoms with E-state index >= 15 is 0 Å². The second-order valence-corrected chi connectivity index (χ2v) is 4.68. The maximum Gasteiger partial charge on any atom is 0.102 e. The van der Waals surface area contributed by atoms with Gasteiger partial charge in [-0.3, -0.25) is 0 Å². The van der Waals surface area contributed by atoms with E-state index in [9.17, 15) is 0 Å². The molecule has 2 unspecified atom stereocenters. The molecule has 2 N–H and O–H groups in total. The van der Waals surface area contributed by atoms with Gasteiger partial charge in [0.2, 0.25) is 0 Å². The first kappa shape index (κ1) is 12.4. The zero-order valence-corrected chi connectivity index (χ0v) is 9.70. The summed E-state index contributed by atoms with van der Waals surface area (Å²) in [6, 6.07) is 2.11. The van der Waals surface area contributed by atoms with Gasteiger partial charge in [0.1, 0.15) is 5.54 Å². The zero-order chi connectivity index (χ0) is 11.3. The van der Waals surface area contributed by atoms with Crippen molar-refractivity contribution in [3.8, 4) is 6.07 Å². The minimum absolute atomic E-state index is 0.376. The van der Waals surface area contributed by atoms with Crippen LogP contribution < -0.4 is 5.73 Å². The second-order valence-electron chi connectivity index (χ2n) is 4.68. The molecule has 1 aliphatic rings. The molecule has 0 radical (unpaired) electrons. The summed E-state index contributed by atoms with van der Waals surface area (Å²) >= 11 is 0. The number of nitrogens with two attached hydrogens (primary N) is 1. The monoisotopic (exact) mass is 211 g/mol. The van der Waals surface area contributed by atoms with Crippen LogP contribution in [0.2, 0.25) is 0 Å². The van der Waals surface area contributed by atoms with Crippen molar-refractivity contribution in [1.82, 2.24) is 4.90 Å². The van der Waals surface area contributed by atoms with E-state index in [1.165, 1.54) is 6.42 Å². The van der Waals surface area contributed by atoms with Crippen molar-refractivity contribution < 1.29 is 4.74 Å². The first-order valence-corrected chi connectivity index (χ1v) is 5.54. The van der Waals surface area contributed by atoms with Crippen LogP contribution >= 0.6 is 0 Å². The predicted octanol–water partition coefficient (Wildman–Crippen LogP) is 0.728. The van der Waals surface area contributed by atoms with Gasteiger partial charge in [-0.2, -0.15) is 5.26 Å². The quantitative estimate of drug-likeness (QED) is 0.728. The van der Waals surface area contributed by atoms with E-state index in [-0.39, 0.29) is 0 Å². The number of likely N-dealkylation sites (N-methyl/N-ethyl adjacent to an activating group) is 1. The molecule has 0 amide bonds. The lowest BCUT2D eigenvalue weighted by molar-refractivity contribution is 0.0799. The Balaban J connectivity index is 2.18. The van der Waals surface area contributed by atoms with E-state index < -0.39 is 5.54 Å². The summed E-state index contributed by atoms with van der Waals surface area (Å²) in [5, 5.41) is 8.77. The lowest BCUT2D eigenvalue weighted by Crippen LogP contribution is -2.39. The fraction of sp³-hybridized carbons (Fsp3) is 0.909. The van der Waals surface area contributed by atoms with Crippen LogP contribution in [0.3, 0.4) is 0 Å². The smallest absolute Gasteiger partial charge is 0.102 e. The summed E-state index contributed by atoms with van der Waals surface area (Å²) in [5.41, 5.74) is 5.05. The first-order chi connectivity index (χ1) is 7.03. The summed E-state index contributed by atoms with van der Waals surface area (Å²) in [7, 11) is 2.05. The molecule has 15 heavy (non-hydrogen) atoms. The van der Waals surface area contributed by atoms with Gasteiger partial charge in [0.05, 0.1) is 12.2 Å². The predicted molar refractivity (Wildman–Crippen MR) is 59.3 cm³/mol. The van der Waals surface area contributed by atoms with Crippen LogP contribution in [0.5, 0.6) is 0 Å². The van der Waals surface area contributed by atoms with Crippen LogP contribution in [0.25, 0.3) is 0 Å². The molecule has 86 valence electrons. The average molecular weight is 211 g/mol. The molecule has 1 heterocycles. The topological polar surface area (TPSA) is 62.3 Å². The number of nitrogens with zero attached hydrogens (tertiary/aromatic N) is 2. The molecule has 0 aromatic carbocycles. The van der Waals surface area contributed by atoms with E-state index in [4.69, 9.17) is 15.7 Å². The van der Waals surface area contributed by atoms with Crippen molar-refractivity contribution in [2.75, 3.05) is 26.7 Å². The molecule has 1 aliphatic heterocycles. The van der Waals surface area contributed by atoms with E-state index in [0.29, 0.717) is 12.5 Å². The fourth-order valence-electron chi connectivity index (χ4n) is 1.71. The number of nitriles is 1. The minimum atomic E-state index is -0.704. The Kier molecular flexibility index (Phi) is 4.52. The van der Waals surface area contributed by atoms with Crippen LogP contribution in [-0.4, -0.2) is 43.3 Å². The van der Waals surface area contributed by atoms with Gasteiger partial charge in [0.25, 0.3) is 0 Å². The van der Waals surface area contributed by atoms with Crippen LogP contribution in [0.1, 0.15) is 26.2 Å². The van der Waals surface area contributed by atoms with Crippen molar-refractivity contribution in [2.45, 2.75) is 37.8 Å². The highest BCUT2D eigenvalue weighted by Gasteiger charge is 2.20. The maximum atomic E-state index is 8.77. The maximum absolute atomic E-state index is 8.77. The molecule has 0 aromatic heterocycles. The molecule has 0 spiro atoms. The molecule has 0 bridgehead atoms. The summed E-state index contributed by atoms with van der Waals surface area (Å²) in [6.45, 7) is 4.46. The van der Waals surface area contributed by atoms with E-state index in [1.807, 2.05) is 0 Å². The molecule has 1 fully saturated rings. The average Bonchev–Trinajstić information content (AvgIpc) is 2.68. The Bertz CT molecular complexity index is 228. The Morgan fingerprint density at radius 1 is 1.67 bits per heavy atom. The number of rotatable bonds is 5. The third kappa shape index (κ3) is 4.61. The third-order valence-corrected chi connectivity index (χ3v) is 2.81. The zero-order valence-electron chi connectivity index (χ0n) is 9.70. The number of ether oxygens (including phenoxy) is 1. The molecule has 0 aromatic rings. The highest BCUT2D eigenvalue weighted by molar-refractivity contribution is 5.01. The lowest BCUT2D eigenvalue weighted by Gasteiger charge is -2.23. The molecule has 0 aliphatic carbocycles. The Hall–Kier alpha value is -0.630. The van der Waals surface area contributed by atoms with Gasteiger partial charge >= 0.3 is 0 Å². The molecule has 2 atom stereocenters. The Morgan fingerprint density at radius 2 is 2.40 bits per heavy atom. The summed E-state index contributed by atoms with van der Waals surface area (Å²) in [6.07, 6.45) is 3.40. The van der Waals surface area contributed by atoms with Crippen molar-refractivity contribution in [2.24, 2.45) is 5.73 Å². The second kappa shape index (κ2) is 5.45. The summed E-state index contributed by atoms with van der Waals surface area (Å²) in [4.78, 5) is 2.19. The molecular weight excluding hydrogens is 190 g/mol. The van der Waals surface area contributed by atoms with Gasteiger partial charge < -0.3 is 15.4 Å². The highest BCUT2D eigenvalue weighted by Crippen LogP contribution is 2.13. The van der Waals surface area contributed by atoms with Crippen molar-refractivity contribution in [3.63, 3.8) is 0 Å². The Labute approximate surface area is 92.0 Å². The summed E-state index contributed by atoms with van der Waals surface area (Å²) < 4.78 is 5.54. The van der Waals surface area contributed by atoms with Crippen LogP contribution in [0.4, 0.5) is 0 Å². The third-order valence-electron chi connectivity index (χ3n) is 2.81. The number of hydrogen-bond donors (Lipinski definition) is 1. The first-order valence-electron chi connectivity index (χ1n) is 5.54. The summed E-state index contributed by atoms with van der Waals surface area (Å²) in [5.74, 6) is 0. The molecule has 4 heteroatoms. The molecule has 0 saturated carbocycles. The largest absolute Gasteiger partial charge is 0.377 e. The van der Waals surface area contributed by atoms with Crippen LogP contribution in [-0.2, 0) is 4.74 Å². The van der Waals surface area contributed by atoms with Crippen molar-refractivity contribution >= 4 is 0 Å². The van der Waals surface area contributed by atoms with Gasteiger partial charge in [-0.1, -0.05) is 0 Å². The van der Waals surface area contributed by atoms with Gasteiger partial charge in [-0.25, -0.2) is 0 Å². The fourth-order valence-corrected chi connectivity index (χ4v) is 1.71. The van der Waals surface area contributed by atoms with E-state index in [1.54, 1.807) is 6.92 Å². The number of hydrogen-bond acceptors (Lipinski definition) is 4. The molecular formula is C11H21N3O. The van der Waals surface area contributed by atoms with Crippen molar-refractivity contribution in [3.05, 3.63) is 0 Å². The Morgan fingerprint density at radius 3 is 2.93 bits per heavy atom. The van der Waals surface area contributed by atoms with Crippen LogP contribution in [0.15, 0.2) is 0 Å². The van der Waals surface area contributed by atoms with Gasteiger partial charge in [0, 0.05) is 19.7 Å². The molecule has 1 rings (SSSR count). The lowest BCUT2D eigenvalue weighted by atomic mass is 10.0. The normalized spacial score (nSPS) is 25.1. The van der Waals surface area contributed by atoms with Crippen LogP contribution in [0, 0.1) is 11.3 Å².